The summed E-state index contributed by atoms with van der Waals surface area (Å²) < 4.78 is 44.6. The Hall–Kier alpha value is -9.41. The van der Waals surface area contributed by atoms with Crippen LogP contribution in [-0.2, 0) is 47.8 Å². The predicted molar refractivity (Wildman–Crippen MR) is 590 cm³/mol. The molecule has 55 heteroatoms. The van der Waals surface area contributed by atoms with Gasteiger partial charge in [-0.15, -0.1) is 28.2 Å². The van der Waals surface area contributed by atoms with E-state index < -0.39 is 41.0 Å². The van der Waals surface area contributed by atoms with Crippen molar-refractivity contribution in [2.45, 2.75) is 197 Å². The van der Waals surface area contributed by atoms with E-state index in [0.29, 0.717) is 91.6 Å². The molecule has 10 aromatic heterocycles. The van der Waals surface area contributed by atoms with Crippen molar-refractivity contribution in [3.63, 3.8) is 0 Å². The second-order valence-corrected chi connectivity index (χ2v) is 39.0. The molecule has 804 valence electrons. The normalized spacial score (nSPS) is 16.2. The zero-order valence-electron chi connectivity index (χ0n) is 82.8. The van der Waals surface area contributed by atoms with Crippen LogP contribution >= 0.6 is 119 Å². The van der Waals surface area contributed by atoms with Crippen molar-refractivity contribution in [3.8, 4) is 0 Å². The number of alkyl halides is 2. The van der Waals surface area contributed by atoms with Gasteiger partial charge in [0, 0.05) is 216 Å². The fraction of sp³-hybridized carbons (Fsp3) is 0.522. The van der Waals surface area contributed by atoms with Gasteiger partial charge in [-0.3, -0.25) is 67.1 Å². The number of nitrogen functional groups attached to an aromatic ring is 1. The van der Waals surface area contributed by atoms with Crippen molar-refractivity contribution >= 4 is 218 Å². The molecule has 145 heavy (non-hydrogen) atoms. The maximum atomic E-state index is 12.5. The van der Waals surface area contributed by atoms with E-state index in [9.17, 15) is 71.8 Å². The molecular formula is C90H141BrClFI4N29NaO18. The zero-order chi connectivity index (χ0) is 104. The number of hydrogen-bond acceptors (Lipinski definition) is 33. The van der Waals surface area contributed by atoms with Gasteiger partial charge in [-0.2, -0.15) is 24.0 Å². The average molecular weight is 2580 g/mol. The van der Waals surface area contributed by atoms with Crippen molar-refractivity contribution in [2.24, 2.45) is 5.84 Å². The van der Waals surface area contributed by atoms with E-state index in [1.54, 1.807) is 67.6 Å². The van der Waals surface area contributed by atoms with Crippen LogP contribution in [0.2, 0.25) is 0 Å². The molecule has 7 aliphatic rings. The van der Waals surface area contributed by atoms with Crippen LogP contribution in [0.4, 0.5) is 36.9 Å². The first-order valence-electron chi connectivity index (χ1n) is 44.6. The molecule has 15 N–H and O–H groups in total. The minimum absolute atomic E-state index is 0. The number of nitrogens with zero attached hydrogens (tertiary/aromatic N) is 17. The first kappa shape index (κ1) is 136. The van der Waals surface area contributed by atoms with E-state index in [4.69, 9.17) is 27.7 Å². The molecule has 17 rings (SSSR count). The number of amides is 8. The average Bonchev–Trinajstić information content (AvgIpc) is 1.63. The van der Waals surface area contributed by atoms with Gasteiger partial charge in [0.25, 0.3) is 18.3 Å². The van der Waals surface area contributed by atoms with Gasteiger partial charge in [-0.1, -0.05) is 95.4 Å². The molecule has 7 saturated heterocycles. The van der Waals surface area contributed by atoms with Crippen LogP contribution in [-0.4, -0.2) is 274 Å². The number of ether oxygens (including phenoxy) is 3. The smallest absolute Gasteiger partial charge is 0.850 e. The summed E-state index contributed by atoms with van der Waals surface area (Å²) in [6, 6.07) is 20.3. The van der Waals surface area contributed by atoms with Gasteiger partial charge in [0.1, 0.15) is 34.7 Å². The SMILES string of the molecule is C.C.C.CC.CC(C)(C)OC(=O)N1CCN(c2ccn3c(=O)[nH]nc3c2)CC1.CC(C)(C)OC(=O)N1CCNCC1.CC(C)(C)OC=O.CC(C)(C)[O-].Cl.Fc1cc(I)ccn1.N=N.NNc1cc(I)ccn1.O.O=C1CCC(Br)C(=O)N1.O=C1CCC(n2nc3cc(N4CCNCC4)ccn3c2=O)C(=O)N1.O=C1CCC(n2nc3cc(N4CCNCC4)ccn3c2=O)C(=O)N1.O=c1[nH]nc2cc(I)ccn12.[2H]CI.[HH].[Na+]. The van der Waals surface area contributed by atoms with Crippen molar-refractivity contribution < 1.29 is 105 Å². The number of carbonyl (C=O) groups is 9. The van der Waals surface area contributed by atoms with Gasteiger partial charge >= 0.3 is 64.5 Å². The van der Waals surface area contributed by atoms with Gasteiger partial charge < -0.3 is 70.7 Å². The summed E-state index contributed by atoms with van der Waals surface area (Å²) in [6.07, 6.45) is 11.5. The molecule has 0 radical (unpaired) electrons. The standard InChI is InChI=1S/2C15H18N6O3.C15H21N5O3.C9H18N2O2.C6H4IN3O.C5H6BrNO2.C5H3FIN.C5H6IN3.C5H10O2.C4H9O.C2H6.CH3I.3CH4.ClH.H2N2.Na.H2O.H2/c2*22-13-2-1-11(14(23)17-13)21-15(24)20-6-3-10(9-12(20)18-21)19-7-4-16-5-8-19;1-15(2,3)23-14(22)19-8-6-18(7-9-19)11-4-5-20-12(10-11)16-17-13(20)21;1-9(2,3)13-8(12)11-6-4-10-5-7-11;7-4-1-2-10-5(3-4)8-9-6(10)11;6-3-1-2-4(8)7-5(3)9;6-5-3-4(7)1-2-8-5;6-4-1-2-8-5(3-4)9-7;1-5(2,3)7-4-6;1-4(2,3)5;2*1-2;;;;;1-2;;;/h2*3,6,9,11,16H,1-2,4-5,7-8H2,(H,17,22,23);4-5,10H,6-9H2,1-3H3,(H,17,21);10H,4-7H2,1-3H3;1-3H,(H,9,11);3H,1-2H2,(H,7,8,9);1-3H;1-3H,7H2,(H,8,9);4H,1-3H3;1-3H3;1-2H3;1H3;3*1H4;1H;1-2H;;1H2;1H/q;;;;;;;;;-1;;;;;;;;+1;;/i;;;;;;;;;;;1D;;;;;;;;. The zero-order valence-corrected chi connectivity index (χ0v) is 94.8. The molecule has 0 spiro atoms. The Morgan fingerprint density at radius 1 is 0.524 bits per heavy atom. The maximum Gasteiger partial charge on any atom is 1.00 e. The Balaban J connectivity index is -0.00000160. The molecule has 47 nitrogen and oxygen atoms in total. The van der Waals surface area contributed by atoms with E-state index in [-0.39, 0.29) is 159 Å². The Labute approximate surface area is 935 Å². The van der Waals surface area contributed by atoms with Crippen molar-refractivity contribution in [3.05, 3.63) is 169 Å². The fourth-order valence-corrected chi connectivity index (χ4v) is 14.4. The van der Waals surface area contributed by atoms with Crippen LogP contribution in [0.5, 0.6) is 0 Å². The van der Waals surface area contributed by atoms with Crippen molar-refractivity contribution in [1.82, 2.24) is 109 Å². The largest absolute Gasteiger partial charge is 1.00 e. The summed E-state index contributed by atoms with van der Waals surface area (Å²) >= 11 is 11.5. The number of aromatic amines is 2. The van der Waals surface area contributed by atoms with Gasteiger partial charge in [0.05, 0.1) is 4.83 Å². The van der Waals surface area contributed by atoms with E-state index in [1.807, 2.05) is 182 Å². The number of halogens is 7. The molecule has 0 aromatic carbocycles. The summed E-state index contributed by atoms with van der Waals surface area (Å²) in [5.74, 6) is 3.42. The van der Waals surface area contributed by atoms with Crippen LogP contribution in [0.3, 0.4) is 0 Å². The van der Waals surface area contributed by atoms with Gasteiger partial charge in [-0.25, -0.2) is 65.8 Å². The molecule has 7 fully saturated rings. The number of nitrogens with one attached hydrogen (secondary N) is 11. The Morgan fingerprint density at radius 2 is 0.862 bits per heavy atom. The number of hydrazine groups is 1. The Morgan fingerprint density at radius 3 is 1.19 bits per heavy atom. The number of aromatic nitrogens is 14. The van der Waals surface area contributed by atoms with E-state index >= 15 is 0 Å². The second kappa shape index (κ2) is 68.3. The van der Waals surface area contributed by atoms with E-state index in [0.717, 1.165) is 106 Å². The quantitative estimate of drug-likeness (QED) is 0.00854. The number of nitrogens with two attached hydrogens (primary N) is 1. The first-order valence-corrected chi connectivity index (χ1v) is 49.6. The summed E-state index contributed by atoms with van der Waals surface area (Å²) in [4.78, 5) is 166. The Kier molecular flexibility index (Phi) is 63.8. The molecule has 0 saturated carbocycles. The third kappa shape index (κ3) is 48.2. The number of hydrogen-bond donors (Lipinski definition) is 12. The number of piperazine rings is 4. The molecule has 7 aliphatic heterocycles. The summed E-state index contributed by atoms with van der Waals surface area (Å²) in [6.45, 7) is 39.2. The van der Waals surface area contributed by atoms with Gasteiger partial charge in [0.15, 0.2) is 22.6 Å². The molecule has 17 heterocycles. The van der Waals surface area contributed by atoms with Gasteiger partial charge in [-0.05, 0) is 203 Å². The minimum Gasteiger partial charge on any atom is -0.850 e. The number of carbonyl (C=O) groups excluding carboxylic acids is 9. The van der Waals surface area contributed by atoms with Crippen molar-refractivity contribution in [1.29, 1.82) is 11.1 Å². The molecule has 0 bridgehead atoms. The monoisotopic (exact) mass is 2580 g/mol. The summed E-state index contributed by atoms with van der Waals surface area (Å²) in [7, 11) is 0. The Bertz CT molecular complexity index is 5790. The molecule has 3 unspecified atom stereocenters. The van der Waals surface area contributed by atoms with E-state index in [1.165, 1.54) is 39.2 Å². The minimum atomic E-state index is -0.750. The van der Waals surface area contributed by atoms with Crippen LogP contribution in [0.15, 0.2) is 129 Å². The first-order chi connectivity index (χ1) is 66.1. The third-order valence-corrected chi connectivity index (χ3v) is 21.9. The van der Waals surface area contributed by atoms with Crippen LogP contribution in [0, 0.1) is 27.7 Å². The number of fused-ring (bicyclic) bond motifs is 4. The molecule has 10 aromatic rings. The van der Waals surface area contributed by atoms with E-state index in [2.05, 4.69) is 158 Å². The molecular weight excluding hydrogens is 2440 g/mol. The summed E-state index contributed by atoms with van der Waals surface area (Å²) in [5, 5.41) is 47.8. The number of H-pyrrole nitrogens is 2. The fourth-order valence-electron chi connectivity index (χ4n) is 12.7. The summed E-state index contributed by atoms with van der Waals surface area (Å²) in [5.41, 5.74) is 14.6. The number of piperidine rings is 3. The maximum absolute atomic E-state index is 12.5. The second-order valence-electron chi connectivity index (χ2n) is 34.2. The van der Waals surface area contributed by atoms with Gasteiger partial charge in [0.2, 0.25) is 29.6 Å². The van der Waals surface area contributed by atoms with Crippen LogP contribution in [0.1, 0.15) is 173 Å². The topological polar surface area (TPSA) is 615 Å². The molecule has 0 aliphatic carbocycles. The molecule has 8 amide bonds. The molecule has 3 atom stereocenters. The number of pyridine rings is 6. The predicted octanol–water partition coefficient (Wildman–Crippen LogP) is 5.82. The number of imide groups is 3. The number of rotatable bonds is 7. The van der Waals surface area contributed by atoms with Crippen LogP contribution < -0.4 is 115 Å². The number of anilines is 4. The van der Waals surface area contributed by atoms with Crippen LogP contribution in [0.25, 0.3) is 22.6 Å². The van der Waals surface area contributed by atoms with Crippen molar-refractivity contribution in [2.75, 3.05) is 130 Å². The third-order valence-electron chi connectivity index (χ3n) is 19.0.